The molecule has 3 fully saturated rings. The largest absolute Gasteiger partial charge is 0.492 e. The monoisotopic (exact) mass is 817 g/mol. The maximum Gasteiger partial charge on any atom is 0.243 e. The molecular formula is C49H57ClFN5O3. The predicted octanol–water partition coefficient (Wildman–Crippen LogP) is 8.22. The van der Waals surface area contributed by atoms with Crippen LogP contribution in [0.1, 0.15) is 73.8 Å². The number of anilines is 1. The van der Waals surface area contributed by atoms with Gasteiger partial charge in [-0.3, -0.25) is 29.6 Å². The number of amides is 2. The van der Waals surface area contributed by atoms with Crippen LogP contribution in [0.25, 0.3) is 11.1 Å². The highest BCUT2D eigenvalue weighted by molar-refractivity contribution is 6.18. The molecule has 8 rings (SSSR count). The number of piperazine rings is 1. The van der Waals surface area contributed by atoms with E-state index in [9.17, 15) is 9.59 Å². The summed E-state index contributed by atoms with van der Waals surface area (Å²) in [6, 6.07) is 33.3. The van der Waals surface area contributed by atoms with Crippen LogP contribution in [-0.2, 0) is 22.7 Å². The summed E-state index contributed by atoms with van der Waals surface area (Å²) in [5.74, 6) is 1.42. The van der Waals surface area contributed by atoms with Crippen molar-refractivity contribution in [3.05, 3.63) is 131 Å². The predicted molar refractivity (Wildman–Crippen MR) is 235 cm³/mol. The smallest absolute Gasteiger partial charge is 0.243 e. The number of nitrogens with one attached hydrogen (secondary N) is 1. The summed E-state index contributed by atoms with van der Waals surface area (Å²) in [7, 11) is 0. The molecule has 1 N–H and O–H groups in total. The van der Waals surface area contributed by atoms with Crippen LogP contribution < -0.4 is 15.0 Å². The molecule has 10 heteroatoms. The molecule has 4 aliphatic rings. The SMILES string of the molecule is CC1CN(CC2CCN(CCOc3ccc(C(=C(CCCl)c4ccccc4)c4ccccc4)cc3)CC2)CC(C)N1c1cc2c(cc1F)CN(C1CCC(=O)NC1=O)C2. The number of halogens is 2. The van der Waals surface area contributed by atoms with E-state index in [1.54, 1.807) is 6.07 Å². The van der Waals surface area contributed by atoms with Crippen LogP contribution >= 0.6 is 11.6 Å². The molecule has 4 aromatic carbocycles. The molecule has 0 bridgehead atoms. The Morgan fingerprint density at radius 3 is 2.07 bits per heavy atom. The number of hydrogen-bond acceptors (Lipinski definition) is 7. The number of allylic oxidation sites excluding steroid dienone is 1. The molecule has 2 amide bonds. The fourth-order valence-corrected chi connectivity index (χ4v) is 10.2. The second-order valence-corrected chi connectivity index (χ2v) is 17.3. The van der Waals surface area contributed by atoms with Crippen molar-refractivity contribution in [3.8, 4) is 5.75 Å². The summed E-state index contributed by atoms with van der Waals surface area (Å²) in [4.78, 5) is 33.7. The van der Waals surface area contributed by atoms with E-state index in [0.29, 0.717) is 50.0 Å². The highest BCUT2D eigenvalue weighted by Crippen LogP contribution is 2.37. The summed E-state index contributed by atoms with van der Waals surface area (Å²) < 4.78 is 22.0. The van der Waals surface area contributed by atoms with Gasteiger partial charge in [0.1, 0.15) is 18.2 Å². The van der Waals surface area contributed by atoms with Gasteiger partial charge in [0.2, 0.25) is 11.8 Å². The van der Waals surface area contributed by atoms with E-state index in [1.165, 1.54) is 35.1 Å². The third-order valence-corrected chi connectivity index (χ3v) is 13.0. The Balaban J connectivity index is 0.808. The lowest BCUT2D eigenvalue weighted by molar-refractivity contribution is -0.137. The zero-order chi connectivity index (χ0) is 40.9. The van der Waals surface area contributed by atoms with Gasteiger partial charge in [0.05, 0.1) is 11.7 Å². The van der Waals surface area contributed by atoms with Gasteiger partial charge in [-0.25, -0.2) is 4.39 Å². The number of piperidine rings is 2. The third-order valence-electron chi connectivity index (χ3n) is 12.8. The number of hydrogen-bond donors (Lipinski definition) is 1. The second-order valence-electron chi connectivity index (χ2n) is 17.0. The molecule has 59 heavy (non-hydrogen) atoms. The Morgan fingerprint density at radius 1 is 0.797 bits per heavy atom. The number of nitrogens with zero attached hydrogens (tertiary/aromatic N) is 4. The Hall–Kier alpha value is -4.54. The fraction of sp³-hybridized carbons (Fsp3) is 0.429. The molecule has 310 valence electrons. The minimum atomic E-state index is -0.351. The molecule has 0 spiro atoms. The quantitative estimate of drug-likeness (QED) is 0.0829. The summed E-state index contributed by atoms with van der Waals surface area (Å²) >= 11 is 6.35. The average Bonchev–Trinajstić information content (AvgIpc) is 3.64. The number of imide groups is 1. The minimum Gasteiger partial charge on any atom is -0.492 e. The summed E-state index contributed by atoms with van der Waals surface area (Å²) in [5, 5.41) is 2.47. The van der Waals surface area contributed by atoms with Crippen molar-refractivity contribution >= 4 is 40.2 Å². The number of alkyl halides is 1. The molecule has 4 aliphatic heterocycles. The van der Waals surface area contributed by atoms with E-state index in [4.69, 9.17) is 16.3 Å². The van der Waals surface area contributed by atoms with Crippen molar-refractivity contribution in [2.75, 3.05) is 56.7 Å². The zero-order valence-electron chi connectivity index (χ0n) is 34.4. The number of fused-ring (bicyclic) bond motifs is 1. The number of likely N-dealkylation sites (tertiary alicyclic amines) is 1. The number of benzene rings is 4. The number of rotatable bonds is 13. The topological polar surface area (TPSA) is 68.4 Å². The Bertz CT molecular complexity index is 2100. The molecule has 8 nitrogen and oxygen atoms in total. The van der Waals surface area contributed by atoms with Gasteiger partial charge in [-0.15, -0.1) is 11.6 Å². The number of ether oxygens (including phenoxy) is 1. The molecule has 0 radical (unpaired) electrons. The van der Waals surface area contributed by atoms with Crippen LogP contribution in [0.2, 0.25) is 0 Å². The Morgan fingerprint density at radius 2 is 1.42 bits per heavy atom. The van der Waals surface area contributed by atoms with E-state index >= 15 is 4.39 Å². The molecular weight excluding hydrogens is 761 g/mol. The first-order chi connectivity index (χ1) is 28.7. The van der Waals surface area contributed by atoms with Gasteiger partial charge in [-0.2, -0.15) is 0 Å². The molecule has 3 saturated heterocycles. The molecule has 3 unspecified atom stereocenters. The van der Waals surface area contributed by atoms with Crippen LogP contribution in [0.3, 0.4) is 0 Å². The van der Waals surface area contributed by atoms with Crippen molar-refractivity contribution in [1.29, 1.82) is 0 Å². The molecule has 4 aromatic rings. The van der Waals surface area contributed by atoms with E-state index in [2.05, 4.69) is 118 Å². The van der Waals surface area contributed by atoms with E-state index in [0.717, 1.165) is 68.1 Å². The normalized spacial score (nSPS) is 22.6. The highest BCUT2D eigenvalue weighted by Gasteiger charge is 2.37. The van der Waals surface area contributed by atoms with Gasteiger partial charge in [-0.05, 0) is 122 Å². The molecule has 0 aromatic heterocycles. The van der Waals surface area contributed by atoms with Gasteiger partial charge in [0, 0.05) is 63.7 Å². The first kappa shape index (κ1) is 41.2. The molecule has 0 saturated carbocycles. The van der Waals surface area contributed by atoms with Crippen LogP contribution in [-0.4, -0.2) is 96.4 Å². The van der Waals surface area contributed by atoms with Gasteiger partial charge in [-0.1, -0.05) is 72.8 Å². The zero-order valence-corrected chi connectivity index (χ0v) is 35.2. The first-order valence-electron chi connectivity index (χ1n) is 21.5. The fourth-order valence-electron chi connectivity index (χ4n) is 9.97. The molecule has 4 heterocycles. The molecule has 3 atom stereocenters. The van der Waals surface area contributed by atoms with Crippen LogP contribution in [0.5, 0.6) is 5.75 Å². The second kappa shape index (κ2) is 18.8. The maximum absolute atomic E-state index is 15.8. The van der Waals surface area contributed by atoms with Crippen LogP contribution in [0.4, 0.5) is 10.1 Å². The van der Waals surface area contributed by atoms with Crippen LogP contribution in [0.15, 0.2) is 97.1 Å². The van der Waals surface area contributed by atoms with E-state index in [1.807, 2.05) is 12.1 Å². The third kappa shape index (κ3) is 9.60. The Labute approximate surface area is 354 Å². The lowest BCUT2D eigenvalue weighted by Gasteiger charge is -2.47. The first-order valence-corrected chi connectivity index (χ1v) is 22.0. The van der Waals surface area contributed by atoms with Crippen LogP contribution in [0, 0.1) is 11.7 Å². The highest BCUT2D eigenvalue weighted by atomic mass is 35.5. The van der Waals surface area contributed by atoms with Crippen molar-refractivity contribution in [1.82, 2.24) is 20.0 Å². The van der Waals surface area contributed by atoms with E-state index < -0.39 is 0 Å². The van der Waals surface area contributed by atoms with Gasteiger partial charge in [0.15, 0.2) is 0 Å². The van der Waals surface area contributed by atoms with E-state index in [-0.39, 0.29) is 35.8 Å². The van der Waals surface area contributed by atoms with Crippen molar-refractivity contribution in [2.24, 2.45) is 5.92 Å². The van der Waals surface area contributed by atoms with Crippen molar-refractivity contribution in [3.63, 3.8) is 0 Å². The minimum absolute atomic E-state index is 0.169. The lowest BCUT2D eigenvalue weighted by Crippen LogP contribution is -2.58. The van der Waals surface area contributed by atoms with Gasteiger partial charge in [0.25, 0.3) is 0 Å². The number of carbonyl (C=O) groups excluding carboxylic acids is 2. The summed E-state index contributed by atoms with van der Waals surface area (Å²) in [5.41, 5.74) is 8.62. The van der Waals surface area contributed by atoms with Crippen molar-refractivity contribution < 1.29 is 18.7 Å². The average molecular weight is 818 g/mol. The van der Waals surface area contributed by atoms with Gasteiger partial charge < -0.3 is 9.64 Å². The lowest BCUT2D eigenvalue weighted by atomic mass is 9.88. The molecule has 0 aliphatic carbocycles. The summed E-state index contributed by atoms with van der Waals surface area (Å²) in [6.45, 7) is 12.1. The summed E-state index contributed by atoms with van der Waals surface area (Å²) in [6.07, 6.45) is 3.96. The number of carbonyl (C=O) groups is 2. The maximum atomic E-state index is 15.8. The Kier molecular flexibility index (Phi) is 13.1. The van der Waals surface area contributed by atoms with Gasteiger partial charge >= 0.3 is 0 Å². The van der Waals surface area contributed by atoms with Crippen molar-refractivity contribution in [2.45, 2.75) is 77.2 Å². The standard InChI is InChI=1S/C49H57ClFN5O3/c1-34-29-54(30-35(2)56(34)46-28-41-33-55(32-40(41)27-44(46)51)45-17-18-47(57)52-49(45)58)31-36-20-23-53(24-21-36)25-26-59-42-15-13-39(14-16-42)48(38-11-7-4-8-12-38)43(19-22-50)37-9-5-3-6-10-37/h3-16,27-28,34-36,45H,17-26,29-33H2,1-2H3,(H,52,57,58).